The van der Waals surface area contributed by atoms with Crippen molar-refractivity contribution in [3.63, 3.8) is 0 Å². The Kier molecular flexibility index (Phi) is 6.98. The molecule has 0 spiro atoms. The Morgan fingerprint density at radius 3 is 2.33 bits per heavy atom. The molecule has 5 heterocycles. The molecule has 43 heavy (non-hydrogen) atoms. The van der Waals surface area contributed by atoms with E-state index in [9.17, 15) is 14.7 Å². The number of rotatable bonds is 5. The smallest absolute Gasteiger partial charge is 0.321 e. The number of fused-ring (bicyclic) bond motifs is 5. The van der Waals surface area contributed by atoms with Crippen LogP contribution in [0.15, 0.2) is 106 Å². The number of allylic oxidation sites excluding steroid dienone is 11. The first-order valence-electron chi connectivity index (χ1n) is 15.1. The molecule has 8 heteroatoms. The van der Waals surface area contributed by atoms with Gasteiger partial charge in [0.25, 0.3) is 0 Å². The van der Waals surface area contributed by atoms with Gasteiger partial charge >= 0.3 is 5.97 Å². The Morgan fingerprint density at radius 2 is 1.67 bits per heavy atom. The van der Waals surface area contributed by atoms with Crippen LogP contribution in [-0.2, 0) is 14.3 Å². The second-order valence-corrected chi connectivity index (χ2v) is 12.0. The van der Waals surface area contributed by atoms with Gasteiger partial charge in [-0.25, -0.2) is 15.0 Å². The standard InChI is InChI=1S/C35H38N4O4/c1-9-11-21-16(4)23-12-24-17(5)28(19(7)40)27(37-24)14-22-15(3)20(10-2)26(36-22)13-25-18(6)29-33(39-25)30(32(21)38-23)31(34(29)41)35(42)43-8/h12-14,16,21,31,38,41H,9-11H2,1-8H3/t16-,21-,31+/m0/s1. The van der Waals surface area contributed by atoms with Gasteiger partial charge in [0.15, 0.2) is 5.78 Å². The number of nitrogens with zero attached hydrogens (tertiary/aromatic N) is 3. The van der Waals surface area contributed by atoms with Gasteiger partial charge in [0.05, 0.1) is 41.3 Å². The Hall–Kier alpha value is -4.33. The van der Waals surface area contributed by atoms with Crippen LogP contribution < -0.4 is 5.32 Å². The van der Waals surface area contributed by atoms with Crippen molar-refractivity contribution in [1.82, 2.24) is 5.32 Å². The van der Waals surface area contributed by atoms with Gasteiger partial charge in [0.2, 0.25) is 0 Å². The van der Waals surface area contributed by atoms with Gasteiger partial charge in [0.1, 0.15) is 11.7 Å². The highest BCUT2D eigenvalue weighted by Gasteiger charge is 2.48. The Balaban J connectivity index is 1.69. The Labute approximate surface area is 252 Å². The largest absolute Gasteiger partial charge is 0.510 e. The van der Waals surface area contributed by atoms with Crippen molar-refractivity contribution >= 4 is 28.9 Å². The van der Waals surface area contributed by atoms with Crippen LogP contribution in [0.2, 0.25) is 0 Å². The number of carbonyl (C=O) groups excluding carboxylic acids is 2. The van der Waals surface area contributed by atoms with Crippen LogP contribution in [0.5, 0.6) is 0 Å². The minimum Gasteiger partial charge on any atom is -0.510 e. The molecule has 0 amide bonds. The molecule has 6 rings (SSSR count). The maximum atomic E-state index is 13.2. The monoisotopic (exact) mass is 578 g/mol. The zero-order chi connectivity index (χ0) is 30.9. The topological polar surface area (TPSA) is 113 Å². The molecule has 0 aromatic rings. The van der Waals surface area contributed by atoms with E-state index in [1.165, 1.54) is 7.11 Å². The summed E-state index contributed by atoms with van der Waals surface area (Å²) in [5, 5.41) is 15.2. The van der Waals surface area contributed by atoms with Crippen LogP contribution in [-0.4, -0.2) is 41.1 Å². The number of aliphatic hydroxyl groups excluding tert-OH is 1. The average Bonchev–Trinajstić information content (AvgIpc) is 3.70. The summed E-state index contributed by atoms with van der Waals surface area (Å²) in [4.78, 5) is 41.2. The number of nitrogens with one attached hydrogen (secondary N) is 1. The van der Waals surface area contributed by atoms with Crippen molar-refractivity contribution in [2.75, 3.05) is 7.11 Å². The van der Waals surface area contributed by atoms with Gasteiger partial charge in [-0.15, -0.1) is 0 Å². The Bertz CT molecular complexity index is 1760. The highest BCUT2D eigenvalue weighted by Crippen LogP contribution is 2.49. The van der Waals surface area contributed by atoms with E-state index in [1.807, 2.05) is 39.0 Å². The summed E-state index contributed by atoms with van der Waals surface area (Å²) in [5.41, 5.74) is 11.6. The molecule has 6 aliphatic rings. The summed E-state index contributed by atoms with van der Waals surface area (Å²) in [6.45, 7) is 13.9. The molecule has 2 N–H and O–H groups in total. The van der Waals surface area contributed by atoms with Crippen molar-refractivity contribution in [3.8, 4) is 0 Å². The minimum atomic E-state index is -0.969. The van der Waals surface area contributed by atoms with Crippen molar-refractivity contribution in [2.45, 2.75) is 67.7 Å². The number of esters is 1. The zero-order valence-electron chi connectivity index (χ0n) is 26.1. The molecule has 8 nitrogen and oxygen atoms in total. The van der Waals surface area contributed by atoms with E-state index in [2.05, 4.69) is 26.1 Å². The van der Waals surface area contributed by atoms with Gasteiger partial charge in [-0.1, -0.05) is 27.2 Å². The van der Waals surface area contributed by atoms with E-state index in [4.69, 9.17) is 19.7 Å². The summed E-state index contributed by atoms with van der Waals surface area (Å²) < 4.78 is 5.21. The predicted molar refractivity (Wildman–Crippen MR) is 169 cm³/mol. The number of carbonyl (C=O) groups is 2. The number of aliphatic hydroxyl groups is 1. The highest BCUT2D eigenvalue weighted by molar-refractivity contribution is 6.24. The lowest BCUT2D eigenvalue weighted by Crippen LogP contribution is -2.24. The van der Waals surface area contributed by atoms with Crippen molar-refractivity contribution in [3.05, 3.63) is 91.5 Å². The zero-order valence-corrected chi connectivity index (χ0v) is 26.1. The second-order valence-electron chi connectivity index (χ2n) is 12.0. The third-order valence-corrected chi connectivity index (χ3v) is 9.56. The quantitative estimate of drug-likeness (QED) is 0.364. The van der Waals surface area contributed by atoms with Crippen molar-refractivity contribution < 1.29 is 19.4 Å². The van der Waals surface area contributed by atoms with E-state index in [1.54, 1.807) is 6.92 Å². The molecular weight excluding hydrogens is 540 g/mol. The van der Waals surface area contributed by atoms with Crippen LogP contribution in [0, 0.1) is 17.8 Å². The lowest BCUT2D eigenvalue weighted by Gasteiger charge is -2.20. The molecule has 8 bridgehead atoms. The average molecular weight is 579 g/mol. The molecule has 1 aliphatic carbocycles. The van der Waals surface area contributed by atoms with Crippen LogP contribution in [0.25, 0.3) is 0 Å². The van der Waals surface area contributed by atoms with E-state index in [0.717, 1.165) is 70.1 Å². The van der Waals surface area contributed by atoms with Gasteiger partial charge in [-0.2, -0.15) is 0 Å². The van der Waals surface area contributed by atoms with E-state index in [-0.39, 0.29) is 23.4 Å². The van der Waals surface area contributed by atoms with Crippen molar-refractivity contribution in [2.24, 2.45) is 32.7 Å². The number of hydrogen-bond donors (Lipinski definition) is 2. The first-order valence-corrected chi connectivity index (χ1v) is 15.1. The molecule has 1 saturated heterocycles. The summed E-state index contributed by atoms with van der Waals surface area (Å²) in [6, 6.07) is 0. The first kappa shape index (κ1) is 28.8. The van der Waals surface area contributed by atoms with Crippen molar-refractivity contribution in [1.29, 1.82) is 0 Å². The van der Waals surface area contributed by atoms with Crippen LogP contribution >= 0.6 is 0 Å². The van der Waals surface area contributed by atoms with Gasteiger partial charge in [-0.05, 0) is 81.1 Å². The lowest BCUT2D eigenvalue weighted by molar-refractivity contribution is -0.143. The summed E-state index contributed by atoms with van der Waals surface area (Å²) in [5.74, 6) is -1.44. The first-order chi connectivity index (χ1) is 20.5. The summed E-state index contributed by atoms with van der Waals surface area (Å²) >= 11 is 0. The van der Waals surface area contributed by atoms with E-state index in [0.29, 0.717) is 33.8 Å². The predicted octanol–water partition coefficient (Wildman–Crippen LogP) is 6.45. The normalized spacial score (nSPS) is 26.1. The Morgan fingerprint density at radius 1 is 0.977 bits per heavy atom. The third-order valence-electron chi connectivity index (χ3n) is 9.56. The van der Waals surface area contributed by atoms with Gasteiger partial charge in [-0.3, -0.25) is 9.59 Å². The maximum absolute atomic E-state index is 13.2. The minimum absolute atomic E-state index is 0.0297. The second kappa shape index (κ2) is 10.4. The number of methoxy groups -OCH3 is 1. The molecule has 0 aromatic carbocycles. The van der Waals surface area contributed by atoms with Crippen LogP contribution in [0.4, 0.5) is 0 Å². The summed E-state index contributed by atoms with van der Waals surface area (Å²) in [6.07, 6.45) is 8.48. The highest BCUT2D eigenvalue weighted by atomic mass is 16.5. The maximum Gasteiger partial charge on any atom is 0.321 e. The molecule has 3 atom stereocenters. The SMILES string of the molecule is CCC[C@@H]1C2=C3C4=NC(=C(C)C4=C(O)[C@@H]3C(=O)OC)C=C3N=C(C=C4N=C(C=C(N2)[C@H]1C)C(C)=C4C(C)=O)C(C)=C3CC. The summed E-state index contributed by atoms with van der Waals surface area (Å²) in [7, 11) is 1.34. The fraction of sp³-hybridized carbons (Fsp3) is 0.400. The number of ketones is 1. The fourth-order valence-electron chi connectivity index (χ4n) is 7.25. The number of hydrogen-bond acceptors (Lipinski definition) is 8. The lowest BCUT2D eigenvalue weighted by atomic mass is 9.84. The van der Waals surface area contributed by atoms with Crippen LogP contribution in [0.3, 0.4) is 0 Å². The number of ether oxygens (including phenoxy) is 1. The fourth-order valence-corrected chi connectivity index (χ4v) is 7.25. The third kappa shape index (κ3) is 4.21. The van der Waals surface area contributed by atoms with E-state index >= 15 is 0 Å². The molecule has 0 saturated carbocycles. The number of aliphatic imine (C=N–C) groups is 3. The molecule has 1 fully saturated rings. The molecule has 0 radical (unpaired) electrons. The molecule has 5 aliphatic heterocycles. The number of Topliss-reactive ketones (excluding diaryl/α,β-unsaturated/α-hetero) is 1. The van der Waals surface area contributed by atoms with Crippen LogP contribution in [0.1, 0.15) is 67.7 Å². The molecule has 222 valence electrons. The van der Waals surface area contributed by atoms with Gasteiger partial charge in [0, 0.05) is 39.9 Å². The van der Waals surface area contributed by atoms with E-state index < -0.39 is 11.9 Å². The van der Waals surface area contributed by atoms with Gasteiger partial charge < -0.3 is 15.2 Å². The molecule has 0 aromatic heterocycles. The molecule has 0 unspecified atom stereocenters. The molecular formula is C35H38N4O4.